The molecule has 0 atom stereocenters. The van der Waals surface area contributed by atoms with Gasteiger partial charge >= 0.3 is 0 Å². The van der Waals surface area contributed by atoms with Crippen molar-refractivity contribution in [3.8, 4) is 6.07 Å². The van der Waals surface area contributed by atoms with E-state index in [0.29, 0.717) is 0 Å². The summed E-state index contributed by atoms with van der Waals surface area (Å²) in [6.07, 6.45) is 0. The van der Waals surface area contributed by atoms with Gasteiger partial charge in [-0.2, -0.15) is 5.26 Å². The number of nitriles is 1. The molecule has 0 unspecified atom stereocenters. The summed E-state index contributed by atoms with van der Waals surface area (Å²) in [5, 5.41) is 8.93. The van der Waals surface area contributed by atoms with Crippen molar-refractivity contribution in [1.29, 1.82) is 5.26 Å². The van der Waals surface area contributed by atoms with E-state index in [1.165, 1.54) is 18.2 Å². The average Bonchev–Trinajstić information content (AvgIpc) is 2.47. The predicted octanol–water partition coefficient (Wildman–Crippen LogP) is 3.45. The summed E-state index contributed by atoms with van der Waals surface area (Å²) in [6.45, 7) is 0.122. The highest BCUT2D eigenvalue weighted by molar-refractivity contribution is 9.10. The topological polar surface area (TPSA) is 70.0 Å². The summed E-state index contributed by atoms with van der Waals surface area (Å²) in [6, 6.07) is 13.3. The summed E-state index contributed by atoms with van der Waals surface area (Å²) >= 11 is 9.27. The molecule has 0 spiro atoms. The minimum absolute atomic E-state index is 0.0774. The Morgan fingerprint density at radius 3 is 2.62 bits per heavy atom. The Bertz CT molecular complexity index is 816. The quantitative estimate of drug-likeness (QED) is 0.876. The predicted molar refractivity (Wildman–Crippen MR) is 84.3 cm³/mol. The van der Waals surface area contributed by atoms with Crippen LogP contribution in [0.5, 0.6) is 0 Å². The molecule has 0 bridgehead atoms. The fourth-order valence-corrected chi connectivity index (χ4v) is 3.63. The minimum Gasteiger partial charge on any atom is -0.207 e. The monoisotopic (exact) mass is 384 g/mol. The van der Waals surface area contributed by atoms with Crippen LogP contribution in [0.3, 0.4) is 0 Å². The summed E-state index contributed by atoms with van der Waals surface area (Å²) in [5.41, 5.74) is 1.04. The van der Waals surface area contributed by atoms with E-state index in [1.54, 1.807) is 6.07 Å². The van der Waals surface area contributed by atoms with E-state index in [2.05, 4.69) is 20.7 Å². The van der Waals surface area contributed by atoms with Crippen LogP contribution in [0.15, 0.2) is 51.8 Å². The van der Waals surface area contributed by atoms with E-state index in [1.807, 2.05) is 24.3 Å². The largest absolute Gasteiger partial charge is 0.242 e. The van der Waals surface area contributed by atoms with Crippen LogP contribution >= 0.6 is 27.5 Å². The highest BCUT2D eigenvalue weighted by Crippen LogP contribution is 2.23. The van der Waals surface area contributed by atoms with Crippen LogP contribution in [0.1, 0.15) is 11.1 Å². The molecule has 0 aliphatic rings. The van der Waals surface area contributed by atoms with Crippen LogP contribution < -0.4 is 4.72 Å². The van der Waals surface area contributed by atoms with Crippen molar-refractivity contribution >= 4 is 37.6 Å². The molecule has 0 aliphatic heterocycles. The van der Waals surface area contributed by atoms with Crippen molar-refractivity contribution in [3.63, 3.8) is 0 Å². The molecule has 0 saturated carbocycles. The van der Waals surface area contributed by atoms with Crippen LogP contribution in [0.2, 0.25) is 5.02 Å². The standard InChI is InChI=1S/C14H10BrClN2O2S/c15-12-4-2-1-3-11(12)9-18-21(19,20)14-7-10(8-17)5-6-13(14)16/h1-7,18H,9H2. The smallest absolute Gasteiger partial charge is 0.207 e. The molecule has 7 heteroatoms. The zero-order valence-electron chi connectivity index (χ0n) is 10.7. The Labute approximate surface area is 136 Å². The van der Waals surface area contributed by atoms with Gasteiger partial charge in [0.15, 0.2) is 0 Å². The molecule has 0 radical (unpaired) electrons. The third-order valence-corrected chi connectivity index (χ3v) is 5.42. The Kier molecular flexibility index (Phi) is 5.01. The van der Waals surface area contributed by atoms with E-state index in [4.69, 9.17) is 16.9 Å². The minimum atomic E-state index is -3.79. The van der Waals surface area contributed by atoms with Gasteiger partial charge in [-0.15, -0.1) is 0 Å². The Morgan fingerprint density at radius 1 is 1.24 bits per heavy atom. The summed E-state index contributed by atoms with van der Waals surface area (Å²) in [4.78, 5) is -0.102. The zero-order chi connectivity index (χ0) is 15.5. The molecule has 0 aromatic heterocycles. The Morgan fingerprint density at radius 2 is 1.95 bits per heavy atom. The lowest BCUT2D eigenvalue weighted by atomic mass is 10.2. The lowest BCUT2D eigenvalue weighted by Gasteiger charge is -2.09. The van der Waals surface area contributed by atoms with Gasteiger partial charge in [-0.1, -0.05) is 45.7 Å². The van der Waals surface area contributed by atoms with Crippen molar-refractivity contribution in [3.05, 3.63) is 63.1 Å². The van der Waals surface area contributed by atoms with E-state index in [0.717, 1.165) is 10.0 Å². The van der Waals surface area contributed by atoms with Gasteiger partial charge in [0.2, 0.25) is 10.0 Å². The lowest BCUT2D eigenvalue weighted by Crippen LogP contribution is -2.23. The van der Waals surface area contributed by atoms with Crippen LogP contribution in [-0.4, -0.2) is 8.42 Å². The molecule has 0 heterocycles. The number of rotatable bonds is 4. The van der Waals surface area contributed by atoms with E-state index in [9.17, 15) is 8.42 Å². The van der Waals surface area contributed by atoms with Crippen molar-refractivity contribution < 1.29 is 8.42 Å². The molecule has 0 aliphatic carbocycles. The first-order valence-electron chi connectivity index (χ1n) is 5.87. The normalized spacial score (nSPS) is 11.1. The number of nitrogens with zero attached hydrogens (tertiary/aromatic N) is 1. The maximum absolute atomic E-state index is 12.3. The maximum Gasteiger partial charge on any atom is 0.242 e. The van der Waals surface area contributed by atoms with Gasteiger partial charge in [-0.3, -0.25) is 0 Å². The van der Waals surface area contributed by atoms with Crippen molar-refractivity contribution in [1.82, 2.24) is 4.72 Å². The third kappa shape index (κ3) is 3.83. The van der Waals surface area contributed by atoms with Gasteiger partial charge in [0.25, 0.3) is 0 Å². The van der Waals surface area contributed by atoms with Gasteiger partial charge < -0.3 is 0 Å². The molecule has 0 amide bonds. The van der Waals surface area contributed by atoms with E-state index < -0.39 is 10.0 Å². The second kappa shape index (κ2) is 6.58. The highest BCUT2D eigenvalue weighted by atomic mass is 79.9. The maximum atomic E-state index is 12.3. The third-order valence-electron chi connectivity index (χ3n) is 2.76. The molecule has 4 nitrogen and oxygen atoms in total. The first kappa shape index (κ1) is 16.0. The number of halogens is 2. The Hall–Kier alpha value is -1.39. The molecular weight excluding hydrogens is 376 g/mol. The van der Waals surface area contributed by atoms with Crippen LogP contribution in [0, 0.1) is 11.3 Å². The zero-order valence-corrected chi connectivity index (χ0v) is 13.8. The molecule has 0 fully saturated rings. The van der Waals surface area contributed by atoms with E-state index in [-0.39, 0.29) is 22.0 Å². The molecule has 1 N–H and O–H groups in total. The fraction of sp³-hybridized carbons (Fsp3) is 0.0714. The van der Waals surface area contributed by atoms with Gasteiger partial charge in [0.1, 0.15) is 4.90 Å². The number of hydrogen-bond acceptors (Lipinski definition) is 3. The van der Waals surface area contributed by atoms with Crippen LogP contribution in [0.25, 0.3) is 0 Å². The fourth-order valence-electron chi connectivity index (χ4n) is 1.67. The number of hydrogen-bond donors (Lipinski definition) is 1. The summed E-state index contributed by atoms with van der Waals surface area (Å²) in [7, 11) is -3.79. The summed E-state index contributed by atoms with van der Waals surface area (Å²) < 4.78 is 27.9. The first-order chi connectivity index (χ1) is 9.94. The molecular formula is C14H10BrClN2O2S. The second-order valence-electron chi connectivity index (χ2n) is 4.17. The second-order valence-corrected chi connectivity index (χ2v) is 7.17. The molecule has 108 valence electrons. The van der Waals surface area contributed by atoms with Gasteiger partial charge in [0.05, 0.1) is 16.7 Å². The lowest BCUT2D eigenvalue weighted by molar-refractivity contribution is 0.581. The van der Waals surface area contributed by atoms with Crippen LogP contribution in [0.4, 0.5) is 0 Å². The van der Waals surface area contributed by atoms with Gasteiger partial charge in [-0.05, 0) is 29.8 Å². The molecule has 2 rings (SSSR count). The van der Waals surface area contributed by atoms with Crippen molar-refractivity contribution in [2.24, 2.45) is 0 Å². The first-order valence-corrected chi connectivity index (χ1v) is 8.52. The molecule has 2 aromatic carbocycles. The number of benzene rings is 2. The van der Waals surface area contributed by atoms with Gasteiger partial charge in [-0.25, -0.2) is 13.1 Å². The number of nitrogens with one attached hydrogen (secondary N) is 1. The molecule has 0 saturated heterocycles. The van der Waals surface area contributed by atoms with Crippen LogP contribution in [-0.2, 0) is 16.6 Å². The van der Waals surface area contributed by atoms with Crippen molar-refractivity contribution in [2.45, 2.75) is 11.4 Å². The molecule has 2 aromatic rings. The van der Waals surface area contributed by atoms with Crippen molar-refractivity contribution in [2.75, 3.05) is 0 Å². The number of sulfonamides is 1. The van der Waals surface area contributed by atoms with E-state index >= 15 is 0 Å². The SMILES string of the molecule is N#Cc1ccc(Cl)c(S(=O)(=O)NCc2ccccc2Br)c1. The molecule has 21 heavy (non-hydrogen) atoms. The van der Waals surface area contributed by atoms with Gasteiger partial charge in [0, 0.05) is 11.0 Å². The summed E-state index contributed by atoms with van der Waals surface area (Å²) in [5.74, 6) is 0. The highest BCUT2D eigenvalue weighted by Gasteiger charge is 2.18. The Balaban J connectivity index is 2.28. The average molecular weight is 386 g/mol.